The van der Waals surface area contributed by atoms with Gasteiger partial charge in [0.2, 0.25) is 0 Å². The Morgan fingerprint density at radius 2 is 1.47 bits per heavy atom. The van der Waals surface area contributed by atoms with Crippen LogP contribution in [0.5, 0.6) is 0 Å². The van der Waals surface area contributed by atoms with Gasteiger partial charge in [-0.05, 0) is 38.5 Å². The predicted octanol–water partition coefficient (Wildman–Crippen LogP) is 4.07. The zero-order valence-corrected chi connectivity index (χ0v) is 11.9. The maximum Gasteiger partial charge on any atom is 0.0786 e. The Morgan fingerprint density at radius 3 is 2.00 bits per heavy atom. The van der Waals surface area contributed by atoms with Gasteiger partial charge in [-0.2, -0.15) is 0 Å². The van der Waals surface area contributed by atoms with E-state index >= 15 is 0 Å². The van der Waals surface area contributed by atoms with Crippen molar-refractivity contribution < 1.29 is 4.48 Å². The van der Waals surface area contributed by atoms with E-state index in [4.69, 9.17) is 11.8 Å². The number of quaternary nitrogens is 1. The van der Waals surface area contributed by atoms with Crippen LogP contribution in [0.4, 0.5) is 0 Å². The Balaban J connectivity index is 0.00000121. The highest BCUT2D eigenvalue weighted by atomic mass is 15.3. The van der Waals surface area contributed by atoms with Gasteiger partial charge >= 0.3 is 0 Å². The van der Waals surface area contributed by atoms with Crippen molar-refractivity contribution in [3.63, 3.8) is 0 Å². The quantitative estimate of drug-likeness (QED) is 0.372. The first-order chi connectivity index (χ1) is 8.33. The van der Waals surface area contributed by atoms with E-state index in [9.17, 15) is 0 Å². The van der Waals surface area contributed by atoms with Gasteiger partial charge in [0.05, 0.1) is 26.2 Å². The molecule has 17 heavy (non-hydrogen) atoms. The predicted molar refractivity (Wildman–Crippen MR) is 73.0 cm³/mol. The van der Waals surface area contributed by atoms with E-state index in [1.54, 1.807) is 0 Å². The van der Waals surface area contributed by atoms with Crippen LogP contribution in [-0.2, 0) is 0 Å². The van der Waals surface area contributed by atoms with Crippen molar-refractivity contribution in [2.45, 2.75) is 65.2 Å². The molecule has 0 atom stereocenters. The molecule has 1 heterocycles. The van der Waals surface area contributed by atoms with Gasteiger partial charge in [0.15, 0.2) is 0 Å². The zero-order valence-electron chi connectivity index (χ0n) is 11.9. The number of hydrogen-bond acceptors (Lipinski definition) is 1. The van der Waals surface area contributed by atoms with Crippen molar-refractivity contribution >= 4 is 0 Å². The van der Waals surface area contributed by atoms with Crippen LogP contribution in [0.15, 0.2) is 0 Å². The number of unbranched alkanes of at least 4 members (excludes halogenated alkanes) is 3. The van der Waals surface area contributed by atoms with Gasteiger partial charge < -0.3 is 16.3 Å². The fraction of sp³-hybridized carbons (Fsp3) is 0.933. The fourth-order valence-corrected chi connectivity index (χ4v) is 3.09. The van der Waals surface area contributed by atoms with E-state index in [0.717, 1.165) is 0 Å². The normalized spacial score (nSPS) is 18.1. The maximum atomic E-state index is 6.25. The summed E-state index contributed by atoms with van der Waals surface area (Å²) >= 11 is 0. The SMILES string of the molecule is CCCCCC[N+]1(CCC)CCCCC1.[C-]#N. The molecule has 2 nitrogen and oxygen atoms in total. The second-order valence-electron chi connectivity index (χ2n) is 5.36. The molecule has 0 aromatic heterocycles. The Morgan fingerprint density at radius 1 is 0.824 bits per heavy atom. The molecular formula is C15H30N2. The Kier molecular flexibility index (Phi) is 10.3. The van der Waals surface area contributed by atoms with Gasteiger partial charge in [-0.15, -0.1) is 0 Å². The molecular weight excluding hydrogens is 208 g/mol. The lowest BCUT2D eigenvalue weighted by Gasteiger charge is -2.41. The zero-order chi connectivity index (χ0) is 13.0. The molecule has 0 aliphatic carbocycles. The van der Waals surface area contributed by atoms with Crippen molar-refractivity contribution in [3.8, 4) is 0 Å². The molecule has 1 fully saturated rings. The van der Waals surface area contributed by atoms with E-state index in [1.807, 2.05) is 0 Å². The van der Waals surface area contributed by atoms with Gasteiger partial charge in [-0.25, -0.2) is 0 Å². The molecule has 0 saturated carbocycles. The second-order valence-corrected chi connectivity index (χ2v) is 5.36. The summed E-state index contributed by atoms with van der Waals surface area (Å²) in [7, 11) is 0. The molecule has 1 saturated heterocycles. The van der Waals surface area contributed by atoms with Crippen LogP contribution in [0.2, 0.25) is 0 Å². The third-order valence-corrected chi connectivity index (χ3v) is 3.95. The highest BCUT2D eigenvalue weighted by molar-refractivity contribution is 4.55. The summed E-state index contributed by atoms with van der Waals surface area (Å²) in [5.41, 5.74) is 0. The van der Waals surface area contributed by atoms with Crippen LogP contribution >= 0.6 is 0 Å². The first-order valence-corrected chi connectivity index (χ1v) is 7.40. The summed E-state index contributed by atoms with van der Waals surface area (Å²) in [5.74, 6) is 0. The molecule has 0 N–H and O–H groups in total. The van der Waals surface area contributed by atoms with Crippen molar-refractivity contribution in [1.82, 2.24) is 0 Å². The Labute approximate surface area is 108 Å². The summed E-state index contributed by atoms with van der Waals surface area (Å²) < 4.78 is 1.46. The number of hydrogen-bond donors (Lipinski definition) is 0. The van der Waals surface area contributed by atoms with Gasteiger partial charge in [-0.1, -0.05) is 26.7 Å². The molecule has 0 radical (unpaired) electrons. The van der Waals surface area contributed by atoms with Crippen LogP contribution in [0.1, 0.15) is 65.2 Å². The van der Waals surface area contributed by atoms with Gasteiger partial charge in [0.25, 0.3) is 0 Å². The highest BCUT2D eigenvalue weighted by Gasteiger charge is 2.27. The van der Waals surface area contributed by atoms with Crippen LogP contribution < -0.4 is 0 Å². The van der Waals surface area contributed by atoms with Gasteiger partial charge in [0, 0.05) is 0 Å². The van der Waals surface area contributed by atoms with Crippen molar-refractivity contribution in [2.24, 2.45) is 0 Å². The standard InChI is InChI=1S/C14H30N.CN/c1-3-5-6-8-12-15(11-4-2)13-9-7-10-14-15;1-2/h3-14H2,1-2H3;/q+1;-1. The number of piperidine rings is 1. The van der Waals surface area contributed by atoms with E-state index < -0.39 is 0 Å². The molecule has 1 aliphatic heterocycles. The van der Waals surface area contributed by atoms with Crippen LogP contribution in [-0.4, -0.2) is 30.7 Å². The topological polar surface area (TPSA) is 23.8 Å². The minimum absolute atomic E-state index is 1.37. The highest BCUT2D eigenvalue weighted by Crippen LogP contribution is 2.21. The van der Waals surface area contributed by atoms with Gasteiger partial charge in [-0.3, -0.25) is 0 Å². The average molecular weight is 238 g/mol. The molecule has 2 heteroatoms. The maximum absolute atomic E-state index is 6.25. The fourth-order valence-electron chi connectivity index (χ4n) is 3.09. The largest absolute Gasteiger partial charge is 0.512 e. The molecule has 1 rings (SSSR count). The summed E-state index contributed by atoms with van der Waals surface area (Å²) in [6, 6.07) is 0. The lowest BCUT2D eigenvalue weighted by atomic mass is 10.1. The summed E-state index contributed by atoms with van der Waals surface area (Å²) in [4.78, 5) is 0. The molecule has 0 amide bonds. The number of likely N-dealkylation sites (tertiary alicyclic amines) is 1. The molecule has 0 bridgehead atoms. The third kappa shape index (κ3) is 6.68. The lowest BCUT2D eigenvalue weighted by molar-refractivity contribution is -0.932. The van der Waals surface area contributed by atoms with Crippen LogP contribution in [0.3, 0.4) is 0 Å². The molecule has 0 aromatic rings. The summed E-state index contributed by atoms with van der Waals surface area (Å²) in [5, 5.41) is 6.25. The molecule has 100 valence electrons. The summed E-state index contributed by atoms with van der Waals surface area (Å²) in [6.45, 7) is 15.2. The first kappa shape index (κ1) is 16.4. The van der Waals surface area contributed by atoms with Crippen molar-refractivity contribution in [1.29, 1.82) is 5.26 Å². The summed E-state index contributed by atoms with van der Waals surface area (Å²) in [6.07, 6.45) is 11.5. The average Bonchev–Trinajstić information content (AvgIpc) is 2.39. The van der Waals surface area contributed by atoms with Crippen LogP contribution in [0, 0.1) is 11.8 Å². The van der Waals surface area contributed by atoms with Crippen molar-refractivity contribution in [3.05, 3.63) is 6.57 Å². The second kappa shape index (κ2) is 10.6. The minimum Gasteiger partial charge on any atom is -0.512 e. The van der Waals surface area contributed by atoms with E-state index in [0.29, 0.717) is 0 Å². The van der Waals surface area contributed by atoms with E-state index in [-0.39, 0.29) is 0 Å². The Hall–Kier alpha value is -0.550. The molecule has 0 spiro atoms. The smallest absolute Gasteiger partial charge is 0.0786 e. The minimum atomic E-state index is 1.37. The molecule has 0 unspecified atom stereocenters. The molecule has 1 aliphatic rings. The number of rotatable bonds is 7. The van der Waals surface area contributed by atoms with Crippen molar-refractivity contribution in [2.75, 3.05) is 26.2 Å². The first-order valence-electron chi connectivity index (χ1n) is 7.40. The van der Waals surface area contributed by atoms with Crippen LogP contribution in [0.25, 0.3) is 0 Å². The Bertz CT molecular complexity index is 175. The van der Waals surface area contributed by atoms with E-state index in [1.165, 1.54) is 82.0 Å². The third-order valence-electron chi connectivity index (χ3n) is 3.95. The van der Waals surface area contributed by atoms with Gasteiger partial charge in [0.1, 0.15) is 0 Å². The molecule has 0 aromatic carbocycles. The lowest BCUT2D eigenvalue weighted by Crippen LogP contribution is -2.52. The van der Waals surface area contributed by atoms with E-state index in [2.05, 4.69) is 13.8 Å². The monoisotopic (exact) mass is 238 g/mol. The number of nitrogens with zero attached hydrogens (tertiary/aromatic N) is 2.